The second-order valence-electron chi connectivity index (χ2n) is 7.28. The number of aryl methyl sites for hydroxylation is 1. The predicted molar refractivity (Wildman–Crippen MR) is 128 cm³/mol. The van der Waals surface area contributed by atoms with E-state index in [1.165, 1.54) is 6.07 Å². The van der Waals surface area contributed by atoms with Crippen molar-refractivity contribution in [2.75, 3.05) is 13.1 Å². The van der Waals surface area contributed by atoms with Gasteiger partial charge in [-0.1, -0.05) is 60.1 Å². The number of halogens is 1. The van der Waals surface area contributed by atoms with Gasteiger partial charge in [0.1, 0.15) is 0 Å². The molecule has 0 fully saturated rings. The van der Waals surface area contributed by atoms with Crippen LogP contribution in [0.15, 0.2) is 77.7 Å². The third kappa shape index (κ3) is 6.64. The van der Waals surface area contributed by atoms with Crippen molar-refractivity contribution in [3.8, 4) is 0 Å². The lowest BCUT2D eigenvalue weighted by molar-refractivity contribution is 0.0927. The Labute approximate surface area is 198 Å². The van der Waals surface area contributed by atoms with Crippen molar-refractivity contribution in [1.82, 2.24) is 15.4 Å². The summed E-state index contributed by atoms with van der Waals surface area (Å²) in [6, 6.07) is 20.3. The van der Waals surface area contributed by atoms with Crippen molar-refractivity contribution in [2.24, 2.45) is 0 Å². The minimum Gasteiger partial charge on any atom is -0.350 e. The first-order chi connectivity index (χ1) is 15.8. The summed E-state index contributed by atoms with van der Waals surface area (Å²) < 4.78 is 28.2. The third-order valence-electron chi connectivity index (χ3n) is 4.86. The summed E-state index contributed by atoms with van der Waals surface area (Å²) in [6.45, 7) is 2.16. The van der Waals surface area contributed by atoms with Crippen LogP contribution < -0.4 is 15.4 Å². The van der Waals surface area contributed by atoms with Crippen LogP contribution in [0, 0.1) is 6.92 Å². The van der Waals surface area contributed by atoms with E-state index >= 15 is 0 Å². The highest BCUT2D eigenvalue weighted by atomic mass is 35.5. The summed E-state index contributed by atoms with van der Waals surface area (Å²) in [6.07, 6.45) is 0. The zero-order chi connectivity index (χ0) is 23.8. The molecule has 0 unspecified atom stereocenters. The van der Waals surface area contributed by atoms with Gasteiger partial charge in [0.05, 0.1) is 15.5 Å². The van der Waals surface area contributed by atoms with Gasteiger partial charge < -0.3 is 10.6 Å². The summed E-state index contributed by atoms with van der Waals surface area (Å²) in [5.74, 6) is -0.787. The molecule has 0 spiro atoms. The Balaban J connectivity index is 1.58. The maximum atomic E-state index is 12.8. The lowest BCUT2D eigenvalue weighted by atomic mass is 10.1. The fourth-order valence-electron chi connectivity index (χ4n) is 3.08. The second-order valence-corrected chi connectivity index (χ2v) is 9.42. The van der Waals surface area contributed by atoms with Crippen LogP contribution in [0.3, 0.4) is 0 Å². The normalized spacial score (nSPS) is 11.1. The van der Waals surface area contributed by atoms with Crippen molar-refractivity contribution in [3.63, 3.8) is 0 Å². The fourth-order valence-corrected chi connectivity index (χ4v) is 4.59. The highest BCUT2D eigenvalue weighted by Gasteiger charge is 2.19. The molecule has 3 aromatic rings. The van der Waals surface area contributed by atoms with Crippen LogP contribution >= 0.6 is 11.6 Å². The summed E-state index contributed by atoms with van der Waals surface area (Å²) in [5.41, 5.74) is 1.91. The predicted octanol–water partition coefficient (Wildman–Crippen LogP) is 3.29. The topological polar surface area (TPSA) is 104 Å². The van der Waals surface area contributed by atoms with Gasteiger partial charge in [-0.2, -0.15) is 0 Å². The van der Waals surface area contributed by atoms with Gasteiger partial charge in [0.25, 0.3) is 11.8 Å². The molecular weight excluding hydrogens is 462 g/mol. The Morgan fingerprint density at radius 1 is 0.848 bits per heavy atom. The van der Waals surface area contributed by atoms with Crippen LogP contribution in [0.2, 0.25) is 5.02 Å². The van der Waals surface area contributed by atoms with E-state index in [9.17, 15) is 18.0 Å². The van der Waals surface area contributed by atoms with Crippen LogP contribution in [-0.2, 0) is 16.6 Å². The van der Waals surface area contributed by atoms with E-state index in [1.54, 1.807) is 43.3 Å². The fraction of sp³-hybridized carbons (Fsp3) is 0.167. The molecule has 0 aliphatic rings. The number of carbonyl (C=O) groups excluding carboxylic acids is 2. The number of benzene rings is 3. The van der Waals surface area contributed by atoms with Gasteiger partial charge >= 0.3 is 0 Å². The molecule has 3 N–H and O–H groups in total. The quantitative estimate of drug-likeness (QED) is 0.404. The van der Waals surface area contributed by atoms with Gasteiger partial charge in [-0.3, -0.25) is 9.59 Å². The zero-order valence-corrected chi connectivity index (χ0v) is 19.5. The number of hydrogen-bond acceptors (Lipinski definition) is 4. The highest BCUT2D eigenvalue weighted by molar-refractivity contribution is 7.89. The number of nitrogens with one attached hydrogen (secondary N) is 3. The molecule has 0 radical (unpaired) electrons. The Morgan fingerprint density at radius 3 is 2.18 bits per heavy atom. The highest BCUT2D eigenvalue weighted by Crippen LogP contribution is 2.18. The molecule has 0 saturated carbocycles. The van der Waals surface area contributed by atoms with Crippen LogP contribution in [0.1, 0.15) is 31.8 Å². The van der Waals surface area contributed by atoms with Crippen molar-refractivity contribution in [2.45, 2.75) is 18.4 Å². The van der Waals surface area contributed by atoms with E-state index < -0.39 is 15.9 Å². The largest absolute Gasteiger partial charge is 0.350 e. The summed E-state index contributed by atoms with van der Waals surface area (Å²) in [7, 11) is -3.82. The molecule has 0 atom stereocenters. The average Bonchev–Trinajstić information content (AvgIpc) is 2.81. The van der Waals surface area contributed by atoms with E-state index in [-0.39, 0.29) is 36.0 Å². The molecule has 0 bridgehead atoms. The SMILES string of the molecule is Cc1ccc(C(=O)NCCNC(=O)c2ccccc2Cl)cc1S(=O)(=O)NCc1ccccc1. The standard InChI is InChI=1S/C24H24ClN3O4S/c1-17-11-12-19(15-22(17)33(31,32)28-16-18-7-3-2-4-8-18)23(29)26-13-14-27-24(30)20-9-5-6-10-21(20)25/h2-12,15,28H,13-14,16H2,1H3,(H,26,29)(H,27,30). The minimum atomic E-state index is -3.82. The average molecular weight is 486 g/mol. The molecule has 172 valence electrons. The summed E-state index contributed by atoms with van der Waals surface area (Å²) in [5, 5.41) is 5.70. The van der Waals surface area contributed by atoms with Crippen LogP contribution in [-0.4, -0.2) is 33.3 Å². The van der Waals surface area contributed by atoms with Gasteiger partial charge in [-0.25, -0.2) is 13.1 Å². The van der Waals surface area contributed by atoms with Gasteiger partial charge in [0.2, 0.25) is 10.0 Å². The third-order valence-corrected chi connectivity index (χ3v) is 6.74. The van der Waals surface area contributed by atoms with Crippen LogP contribution in [0.5, 0.6) is 0 Å². The Bertz CT molecular complexity index is 1250. The molecule has 3 rings (SSSR count). The Kier molecular flexibility index (Phi) is 8.21. The molecular formula is C24H24ClN3O4S. The van der Waals surface area contributed by atoms with Crippen LogP contribution in [0.25, 0.3) is 0 Å². The van der Waals surface area contributed by atoms with Crippen LogP contribution in [0.4, 0.5) is 0 Å². The van der Waals surface area contributed by atoms with E-state index in [4.69, 9.17) is 11.6 Å². The van der Waals surface area contributed by atoms with Gasteiger partial charge in [-0.05, 0) is 42.3 Å². The molecule has 33 heavy (non-hydrogen) atoms. The van der Waals surface area contributed by atoms with E-state index in [2.05, 4.69) is 15.4 Å². The smallest absolute Gasteiger partial charge is 0.252 e. The summed E-state index contributed by atoms with van der Waals surface area (Å²) >= 11 is 6.00. The molecule has 9 heteroatoms. The zero-order valence-electron chi connectivity index (χ0n) is 18.0. The summed E-state index contributed by atoms with van der Waals surface area (Å²) in [4.78, 5) is 24.7. The van der Waals surface area contributed by atoms with Gasteiger partial charge in [0.15, 0.2) is 0 Å². The molecule has 3 aromatic carbocycles. The molecule has 0 aliphatic heterocycles. The Hall–Kier alpha value is -3.20. The second kappa shape index (κ2) is 11.1. The first kappa shape index (κ1) is 24.4. The van der Waals surface area contributed by atoms with Gasteiger partial charge in [0, 0.05) is 25.2 Å². The number of rotatable bonds is 9. The number of amides is 2. The van der Waals surface area contributed by atoms with Crippen molar-refractivity contribution in [1.29, 1.82) is 0 Å². The van der Waals surface area contributed by atoms with Crippen molar-refractivity contribution < 1.29 is 18.0 Å². The molecule has 0 heterocycles. The molecule has 0 aromatic heterocycles. The van der Waals surface area contributed by atoms with E-state index in [0.717, 1.165) is 5.56 Å². The number of carbonyl (C=O) groups is 2. The lowest BCUT2D eigenvalue weighted by Gasteiger charge is -2.12. The van der Waals surface area contributed by atoms with E-state index in [1.807, 2.05) is 30.3 Å². The van der Waals surface area contributed by atoms with Crippen molar-refractivity contribution in [3.05, 3.63) is 100 Å². The van der Waals surface area contributed by atoms with E-state index in [0.29, 0.717) is 16.1 Å². The first-order valence-electron chi connectivity index (χ1n) is 10.2. The number of hydrogen-bond donors (Lipinski definition) is 3. The number of sulfonamides is 1. The monoisotopic (exact) mass is 485 g/mol. The molecule has 7 nitrogen and oxygen atoms in total. The molecule has 2 amide bonds. The molecule has 0 saturated heterocycles. The molecule has 0 aliphatic carbocycles. The maximum absolute atomic E-state index is 12.8. The Morgan fingerprint density at radius 2 is 1.48 bits per heavy atom. The van der Waals surface area contributed by atoms with Crippen molar-refractivity contribution >= 4 is 33.4 Å². The maximum Gasteiger partial charge on any atom is 0.252 e. The first-order valence-corrected chi connectivity index (χ1v) is 12.1. The minimum absolute atomic E-state index is 0.0399. The van der Waals surface area contributed by atoms with Gasteiger partial charge in [-0.15, -0.1) is 0 Å². The lowest BCUT2D eigenvalue weighted by Crippen LogP contribution is -2.35.